The number of rotatable bonds is 14. The van der Waals surface area contributed by atoms with Gasteiger partial charge in [0.1, 0.15) is 23.6 Å². The topological polar surface area (TPSA) is 168 Å². The molecule has 1 aliphatic heterocycles. The van der Waals surface area contributed by atoms with Crippen LogP contribution in [0.25, 0.3) is 10.9 Å². The van der Waals surface area contributed by atoms with E-state index in [0.717, 1.165) is 35.9 Å². The van der Waals surface area contributed by atoms with Crippen LogP contribution in [0, 0.1) is 0 Å². The fraction of sp³-hybridized carbons (Fsp3) is 0.571. The van der Waals surface area contributed by atoms with Crippen molar-refractivity contribution in [1.82, 2.24) is 14.7 Å². The summed E-state index contributed by atoms with van der Waals surface area (Å²) in [6.07, 6.45) is 0.859. The van der Waals surface area contributed by atoms with E-state index >= 15 is 0 Å². The highest BCUT2D eigenvalue weighted by molar-refractivity contribution is 7.93. The number of aliphatic hydroxyl groups is 1. The van der Waals surface area contributed by atoms with Crippen LogP contribution in [-0.2, 0) is 40.4 Å². The van der Waals surface area contributed by atoms with E-state index in [1.807, 2.05) is 22.9 Å². The second-order valence-corrected chi connectivity index (χ2v) is 15.9. The maximum absolute atomic E-state index is 13.2. The van der Waals surface area contributed by atoms with E-state index in [4.69, 9.17) is 28.8 Å². The Kier molecular flexibility index (Phi) is 12.8. The normalized spacial score (nSPS) is 16.1. The number of nitrogens with zero attached hydrogens (tertiary/aromatic N) is 3. The number of aliphatic hydroxyl groups excluding tert-OH is 1. The first-order valence-electron chi connectivity index (χ1n) is 16.7. The molecule has 2 heterocycles. The highest BCUT2D eigenvalue weighted by Gasteiger charge is 2.27. The summed E-state index contributed by atoms with van der Waals surface area (Å²) >= 11 is 0. The van der Waals surface area contributed by atoms with Gasteiger partial charge in [0.25, 0.3) is 0 Å². The molecule has 2 unspecified atom stereocenters. The number of methoxy groups -OCH3 is 1. The summed E-state index contributed by atoms with van der Waals surface area (Å²) in [5, 5.41) is 16.9. The van der Waals surface area contributed by atoms with Crippen molar-refractivity contribution >= 4 is 38.7 Å². The van der Waals surface area contributed by atoms with E-state index in [1.54, 1.807) is 60.8 Å². The summed E-state index contributed by atoms with van der Waals surface area (Å²) in [5.41, 5.74) is 0.497. The molecule has 14 nitrogen and oxygen atoms in total. The number of carbonyl (C=O) groups excluding carboxylic acids is 2. The zero-order chi connectivity index (χ0) is 36.7. The molecule has 276 valence electrons. The molecule has 0 radical (unpaired) electrons. The number of esters is 1. The van der Waals surface area contributed by atoms with Crippen LogP contribution in [0.2, 0.25) is 0 Å². The number of hydrogen-bond donors (Lipinski definition) is 2. The van der Waals surface area contributed by atoms with Gasteiger partial charge >= 0.3 is 12.1 Å². The Balaban J connectivity index is 1.46. The van der Waals surface area contributed by atoms with Crippen LogP contribution in [0.5, 0.6) is 5.75 Å². The van der Waals surface area contributed by atoms with Crippen molar-refractivity contribution < 1.29 is 46.8 Å². The summed E-state index contributed by atoms with van der Waals surface area (Å²) in [6, 6.07) is 11.7. The van der Waals surface area contributed by atoms with Crippen LogP contribution in [0.1, 0.15) is 84.4 Å². The average Bonchev–Trinajstić information content (AvgIpc) is 3.36. The Labute approximate surface area is 294 Å². The summed E-state index contributed by atoms with van der Waals surface area (Å²) in [4.78, 5) is 26.7. The first-order valence-corrected chi connectivity index (χ1v) is 18.3. The molecular weight excluding hydrogens is 668 g/mol. The SMILES string of the molecule is COCc1nn(C2CCCCO2)c2cc(OCCN(CC(O)c3cccc(NS(=O)(=O)CC(=O)OC(C)(C)C)c3)C(=O)OC(C)(C)C)ccc12. The van der Waals surface area contributed by atoms with Crippen LogP contribution in [0.15, 0.2) is 42.5 Å². The van der Waals surface area contributed by atoms with Crippen molar-refractivity contribution in [2.24, 2.45) is 0 Å². The van der Waals surface area contributed by atoms with Crippen LogP contribution >= 0.6 is 0 Å². The Morgan fingerprint density at radius 1 is 1.08 bits per heavy atom. The molecule has 0 spiro atoms. The lowest BCUT2D eigenvalue weighted by Gasteiger charge is -2.29. The van der Waals surface area contributed by atoms with Crippen molar-refractivity contribution in [2.75, 3.05) is 43.9 Å². The Bertz CT molecular complexity index is 1720. The molecule has 1 fully saturated rings. The number of fused-ring (bicyclic) bond motifs is 1. The van der Waals surface area contributed by atoms with E-state index < -0.39 is 45.1 Å². The zero-order valence-corrected chi connectivity index (χ0v) is 30.7. The number of aromatic nitrogens is 2. The lowest BCUT2D eigenvalue weighted by Crippen LogP contribution is -2.41. The molecule has 1 amide bonds. The van der Waals surface area contributed by atoms with E-state index in [0.29, 0.717) is 24.5 Å². The van der Waals surface area contributed by atoms with Crippen LogP contribution < -0.4 is 9.46 Å². The van der Waals surface area contributed by atoms with Crippen molar-refractivity contribution in [2.45, 2.75) is 90.9 Å². The fourth-order valence-corrected chi connectivity index (χ4v) is 6.30. The van der Waals surface area contributed by atoms with Gasteiger partial charge in [-0.2, -0.15) is 5.10 Å². The predicted molar refractivity (Wildman–Crippen MR) is 187 cm³/mol. The Morgan fingerprint density at radius 2 is 1.82 bits per heavy atom. The van der Waals surface area contributed by atoms with Crippen molar-refractivity contribution in [3.8, 4) is 5.75 Å². The maximum Gasteiger partial charge on any atom is 0.410 e. The highest BCUT2D eigenvalue weighted by atomic mass is 32.2. The van der Waals surface area contributed by atoms with E-state index in [9.17, 15) is 23.1 Å². The maximum atomic E-state index is 13.2. The molecule has 1 saturated heterocycles. The third kappa shape index (κ3) is 11.6. The number of ether oxygens (including phenoxy) is 5. The largest absolute Gasteiger partial charge is 0.492 e. The van der Waals surface area contributed by atoms with Crippen molar-refractivity contribution in [3.05, 3.63) is 53.7 Å². The van der Waals surface area contributed by atoms with Crippen LogP contribution in [0.3, 0.4) is 0 Å². The van der Waals surface area contributed by atoms with Gasteiger partial charge in [-0.15, -0.1) is 0 Å². The standard InChI is InChI=1S/C35H50N4O10S/c1-34(2,3)48-32(41)23-50(43,44)37-25-12-10-11-24(19-25)30(40)21-38(33(42)49-35(4,5)6)16-18-46-26-14-15-27-28(22-45-7)36-39(29(27)20-26)31-13-8-9-17-47-31/h10-12,14-15,19-20,30-31,37,40H,8-9,13,16-18,21-23H2,1-7H3. The van der Waals surface area contributed by atoms with Gasteiger partial charge < -0.3 is 33.7 Å². The van der Waals surface area contributed by atoms with Gasteiger partial charge in [-0.05, 0) is 90.6 Å². The van der Waals surface area contributed by atoms with Gasteiger partial charge in [-0.1, -0.05) is 12.1 Å². The van der Waals surface area contributed by atoms with Crippen LogP contribution in [0.4, 0.5) is 10.5 Å². The third-order valence-electron chi connectivity index (χ3n) is 7.41. The molecular formula is C35H50N4O10S. The number of nitrogens with one attached hydrogen (secondary N) is 1. The molecule has 15 heteroatoms. The van der Waals surface area contributed by atoms with Crippen molar-refractivity contribution in [1.29, 1.82) is 0 Å². The number of anilines is 1. The minimum Gasteiger partial charge on any atom is -0.492 e. The minimum absolute atomic E-state index is 0.0755. The molecule has 2 atom stereocenters. The van der Waals surface area contributed by atoms with E-state index in [-0.39, 0.29) is 31.6 Å². The predicted octanol–water partition coefficient (Wildman–Crippen LogP) is 5.31. The van der Waals surface area contributed by atoms with Gasteiger partial charge in [-0.3, -0.25) is 9.52 Å². The number of hydrogen-bond acceptors (Lipinski definition) is 11. The molecule has 2 aromatic carbocycles. The molecule has 4 rings (SSSR count). The molecule has 0 aliphatic carbocycles. The first kappa shape index (κ1) is 38.9. The molecule has 0 saturated carbocycles. The van der Waals surface area contributed by atoms with Gasteiger partial charge in [0.15, 0.2) is 12.0 Å². The number of amides is 1. The molecule has 2 N–H and O–H groups in total. The Hall–Kier alpha value is -3.92. The van der Waals surface area contributed by atoms with Gasteiger partial charge in [-0.25, -0.2) is 17.9 Å². The number of benzene rings is 2. The quantitative estimate of drug-likeness (QED) is 0.207. The third-order valence-corrected chi connectivity index (χ3v) is 8.57. The smallest absolute Gasteiger partial charge is 0.410 e. The molecule has 0 bridgehead atoms. The fourth-order valence-electron chi connectivity index (χ4n) is 5.37. The van der Waals surface area contributed by atoms with Gasteiger partial charge in [0, 0.05) is 30.9 Å². The van der Waals surface area contributed by atoms with Crippen molar-refractivity contribution in [3.63, 3.8) is 0 Å². The Morgan fingerprint density at radius 3 is 2.48 bits per heavy atom. The summed E-state index contributed by atoms with van der Waals surface area (Å²) in [5.74, 6) is -1.20. The minimum atomic E-state index is -4.09. The molecule has 1 aliphatic rings. The lowest BCUT2D eigenvalue weighted by molar-refractivity contribution is -0.151. The zero-order valence-electron chi connectivity index (χ0n) is 29.9. The summed E-state index contributed by atoms with van der Waals surface area (Å²) < 4.78 is 57.7. The molecule has 3 aromatic rings. The van der Waals surface area contributed by atoms with Gasteiger partial charge in [0.05, 0.1) is 37.0 Å². The average molecular weight is 719 g/mol. The van der Waals surface area contributed by atoms with Gasteiger partial charge in [0.2, 0.25) is 10.0 Å². The highest BCUT2D eigenvalue weighted by Crippen LogP contribution is 2.31. The molecule has 50 heavy (non-hydrogen) atoms. The molecule has 1 aromatic heterocycles. The second-order valence-electron chi connectivity index (χ2n) is 14.2. The summed E-state index contributed by atoms with van der Waals surface area (Å²) in [6.45, 7) is 11.2. The summed E-state index contributed by atoms with van der Waals surface area (Å²) in [7, 11) is -2.47. The van der Waals surface area contributed by atoms with E-state index in [2.05, 4.69) is 4.72 Å². The lowest BCUT2D eigenvalue weighted by atomic mass is 10.1. The van der Waals surface area contributed by atoms with Crippen LogP contribution in [-0.4, -0.2) is 90.6 Å². The van der Waals surface area contributed by atoms with E-state index in [1.165, 1.54) is 17.0 Å². The second kappa shape index (κ2) is 16.4. The first-order chi connectivity index (χ1) is 23.4. The number of sulfonamides is 1. The number of carbonyl (C=O) groups is 2. The monoisotopic (exact) mass is 718 g/mol.